The van der Waals surface area contributed by atoms with Crippen LogP contribution in [0.3, 0.4) is 0 Å². The van der Waals surface area contributed by atoms with E-state index in [4.69, 9.17) is 27.6 Å². The van der Waals surface area contributed by atoms with Crippen LogP contribution in [0.4, 0.5) is 5.69 Å². The Morgan fingerprint density at radius 1 is 0.867 bits per heavy atom. The number of hydrogen-bond donors (Lipinski definition) is 1. The van der Waals surface area contributed by atoms with Crippen LogP contribution in [0, 0.1) is 0 Å². The SMILES string of the molecule is O=C(C=Cc1ccccc1)Nc1ccccc1-c1nnc(-c2ccc(Cl)c(Cl)c2)o1. The average Bonchev–Trinajstić information content (AvgIpc) is 3.25. The summed E-state index contributed by atoms with van der Waals surface area (Å²) >= 11 is 12.0. The number of para-hydroxylation sites is 1. The summed E-state index contributed by atoms with van der Waals surface area (Å²) in [5.74, 6) is 0.309. The summed E-state index contributed by atoms with van der Waals surface area (Å²) in [6, 6.07) is 21.8. The van der Waals surface area contributed by atoms with Gasteiger partial charge in [-0.2, -0.15) is 0 Å². The van der Waals surface area contributed by atoms with Gasteiger partial charge >= 0.3 is 0 Å². The Morgan fingerprint density at radius 2 is 1.60 bits per heavy atom. The summed E-state index contributed by atoms with van der Waals surface area (Å²) in [6.45, 7) is 0. The largest absolute Gasteiger partial charge is 0.416 e. The number of aromatic nitrogens is 2. The fourth-order valence-electron chi connectivity index (χ4n) is 2.77. The zero-order valence-electron chi connectivity index (χ0n) is 15.5. The molecule has 7 heteroatoms. The second-order valence-corrected chi connectivity index (χ2v) is 7.13. The number of hydrogen-bond acceptors (Lipinski definition) is 4. The van der Waals surface area contributed by atoms with Crippen molar-refractivity contribution in [1.29, 1.82) is 0 Å². The van der Waals surface area contributed by atoms with Gasteiger partial charge in [0.25, 0.3) is 0 Å². The van der Waals surface area contributed by atoms with E-state index in [-0.39, 0.29) is 11.8 Å². The second kappa shape index (κ2) is 8.95. The van der Waals surface area contributed by atoms with Crippen LogP contribution in [0.5, 0.6) is 0 Å². The van der Waals surface area contributed by atoms with Crippen LogP contribution in [-0.2, 0) is 4.79 Å². The standard InChI is InChI=1S/C23H15Cl2N3O2/c24-18-12-11-16(14-19(18)25)22-27-28-23(30-22)17-8-4-5-9-20(17)26-21(29)13-10-15-6-2-1-3-7-15/h1-14H,(H,26,29). The van der Waals surface area contributed by atoms with E-state index in [0.717, 1.165) is 5.56 Å². The van der Waals surface area contributed by atoms with Gasteiger partial charge in [-0.1, -0.05) is 65.7 Å². The van der Waals surface area contributed by atoms with E-state index in [1.165, 1.54) is 6.08 Å². The molecule has 148 valence electrons. The number of benzene rings is 3. The van der Waals surface area contributed by atoms with Crippen molar-refractivity contribution in [3.8, 4) is 22.9 Å². The number of halogens is 2. The maximum Gasteiger partial charge on any atom is 0.250 e. The number of carbonyl (C=O) groups excluding carboxylic acids is 1. The molecular weight excluding hydrogens is 421 g/mol. The summed E-state index contributed by atoms with van der Waals surface area (Å²) in [6.07, 6.45) is 3.22. The smallest absolute Gasteiger partial charge is 0.250 e. The summed E-state index contributed by atoms with van der Waals surface area (Å²) in [4.78, 5) is 12.4. The predicted octanol–water partition coefficient (Wildman–Crippen LogP) is 6.36. The van der Waals surface area contributed by atoms with Crippen molar-refractivity contribution < 1.29 is 9.21 Å². The molecule has 0 saturated carbocycles. The molecule has 1 amide bonds. The Hall–Kier alpha value is -3.41. The molecule has 0 fully saturated rings. The van der Waals surface area contributed by atoms with E-state index in [2.05, 4.69) is 15.5 Å². The van der Waals surface area contributed by atoms with Gasteiger partial charge in [0.05, 0.1) is 21.3 Å². The van der Waals surface area contributed by atoms with Gasteiger partial charge in [0.1, 0.15) is 0 Å². The van der Waals surface area contributed by atoms with E-state index in [1.807, 2.05) is 42.5 Å². The molecule has 0 radical (unpaired) electrons. The molecule has 4 rings (SSSR count). The Bertz CT molecular complexity index is 1220. The third-order valence-corrected chi connectivity index (χ3v) is 4.97. The average molecular weight is 436 g/mol. The van der Waals surface area contributed by atoms with Crippen LogP contribution in [-0.4, -0.2) is 16.1 Å². The minimum atomic E-state index is -0.268. The van der Waals surface area contributed by atoms with Crippen molar-refractivity contribution in [1.82, 2.24) is 10.2 Å². The molecule has 30 heavy (non-hydrogen) atoms. The summed E-state index contributed by atoms with van der Waals surface area (Å²) < 4.78 is 5.81. The zero-order valence-corrected chi connectivity index (χ0v) is 17.1. The molecule has 0 spiro atoms. The topological polar surface area (TPSA) is 68.0 Å². The van der Waals surface area contributed by atoms with E-state index >= 15 is 0 Å². The van der Waals surface area contributed by atoms with Gasteiger partial charge in [-0.25, -0.2) is 0 Å². The first-order valence-corrected chi connectivity index (χ1v) is 9.78. The number of amides is 1. The minimum absolute atomic E-state index is 0.268. The van der Waals surface area contributed by atoms with Crippen LogP contribution in [0.25, 0.3) is 29.0 Å². The molecule has 0 aliphatic rings. The van der Waals surface area contributed by atoms with Gasteiger partial charge < -0.3 is 9.73 Å². The maximum absolute atomic E-state index is 12.4. The van der Waals surface area contributed by atoms with Crippen molar-refractivity contribution >= 4 is 40.9 Å². The van der Waals surface area contributed by atoms with Crippen LogP contribution in [0.1, 0.15) is 5.56 Å². The molecule has 0 aliphatic carbocycles. The third kappa shape index (κ3) is 4.59. The summed E-state index contributed by atoms with van der Waals surface area (Å²) in [5, 5.41) is 11.9. The highest BCUT2D eigenvalue weighted by atomic mass is 35.5. The Morgan fingerprint density at radius 3 is 2.40 bits per heavy atom. The number of anilines is 1. The molecule has 1 aromatic heterocycles. The van der Waals surface area contributed by atoms with Crippen LogP contribution in [0.15, 0.2) is 83.3 Å². The maximum atomic E-state index is 12.4. The molecular formula is C23H15Cl2N3O2. The molecule has 0 atom stereocenters. The zero-order chi connectivity index (χ0) is 20.9. The molecule has 1 N–H and O–H groups in total. The minimum Gasteiger partial charge on any atom is -0.416 e. The highest BCUT2D eigenvalue weighted by Crippen LogP contribution is 2.32. The third-order valence-electron chi connectivity index (χ3n) is 4.23. The van der Waals surface area contributed by atoms with E-state index in [1.54, 1.807) is 36.4 Å². The van der Waals surface area contributed by atoms with Gasteiger partial charge in [0.2, 0.25) is 17.7 Å². The fraction of sp³-hybridized carbons (Fsp3) is 0. The van der Waals surface area contributed by atoms with Crippen molar-refractivity contribution in [2.24, 2.45) is 0 Å². The first-order valence-electron chi connectivity index (χ1n) is 9.02. The Balaban J connectivity index is 1.56. The lowest BCUT2D eigenvalue weighted by atomic mass is 10.1. The molecule has 0 bridgehead atoms. The molecule has 1 heterocycles. The lowest BCUT2D eigenvalue weighted by molar-refractivity contribution is -0.111. The van der Waals surface area contributed by atoms with Gasteiger partial charge in [-0.3, -0.25) is 4.79 Å². The molecule has 4 aromatic rings. The first kappa shape index (κ1) is 19.9. The number of rotatable bonds is 5. The van der Waals surface area contributed by atoms with Crippen molar-refractivity contribution in [2.45, 2.75) is 0 Å². The van der Waals surface area contributed by atoms with Gasteiger partial charge in [-0.15, -0.1) is 10.2 Å². The molecule has 5 nitrogen and oxygen atoms in total. The predicted molar refractivity (Wildman–Crippen MR) is 119 cm³/mol. The Kier molecular flexibility index (Phi) is 5.93. The quantitative estimate of drug-likeness (QED) is 0.370. The van der Waals surface area contributed by atoms with Gasteiger partial charge in [0.15, 0.2) is 0 Å². The van der Waals surface area contributed by atoms with Crippen LogP contribution < -0.4 is 5.32 Å². The van der Waals surface area contributed by atoms with E-state index in [9.17, 15) is 4.79 Å². The normalized spacial score (nSPS) is 11.0. The monoisotopic (exact) mass is 435 g/mol. The van der Waals surface area contributed by atoms with Crippen molar-refractivity contribution in [3.63, 3.8) is 0 Å². The Labute approximate surface area is 183 Å². The number of nitrogens with one attached hydrogen (secondary N) is 1. The fourth-order valence-corrected chi connectivity index (χ4v) is 3.07. The molecule has 0 saturated heterocycles. The molecule has 3 aromatic carbocycles. The first-order chi connectivity index (χ1) is 14.6. The number of nitrogens with zero attached hydrogens (tertiary/aromatic N) is 2. The lowest BCUT2D eigenvalue weighted by Gasteiger charge is -2.06. The highest BCUT2D eigenvalue weighted by molar-refractivity contribution is 6.42. The van der Waals surface area contributed by atoms with Crippen molar-refractivity contribution in [3.05, 3.63) is 94.5 Å². The lowest BCUT2D eigenvalue weighted by Crippen LogP contribution is -2.08. The summed E-state index contributed by atoms with van der Waals surface area (Å²) in [7, 11) is 0. The van der Waals surface area contributed by atoms with Gasteiger partial charge in [-0.05, 0) is 42.0 Å². The van der Waals surface area contributed by atoms with E-state index < -0.39 is 0 Å². The van der Waals surface area contributed by atoms with Crippen LogP contribution in [0.2, 0.25) is 10.0 Å². The van der Waals surface area contributed by atoms with Crippen LogP contribution >= 0.6 is 23.2 Å². The molecule has 0 aliphatic heterocycles. The molecule has 0 unspecified atom stereocenters. The van der Waals surface area contributed by atoms with E-state index in [0.29, 0.717) is 32.8 Å². The highest BCUT2D eigenvalue weighted by Gasteiger charge is 2.15. The van der Waals surface area contributed by atoms with Gasteiger partial charge in [0, 0.05) is 11.6 Å². The van der Waals surface area contributed by atoms with Crippen molar-refractivity contribution in [2.75, 3.05) is 5.32 Å². The number of carbonyl (C=O) groups is 1. The summed E-state index contributed by atoms with van der Waals surface area (Å²) in [5.41, 5.74) is 2.75. The second-order valence-electron chi connectivity index (χ2n) is 6.32.